The van der Waals surface area contributed by atoms with Gasteiger partial charge in [-0.25, -0.2) is 9.97 Å². The topological polar surface area (TPSA) is 70.6 Å². The number of hydrogen-bond donors (Lipinski definition) is 1. The molecule has 1 aromatic heterocycles. The van der Waals surface area contributed by atoms with E-state index in [1.807, 2.05) is 4.90 Å². The first kappa shape index (κ1) is 20.1. The average molecular weight is 383 g/mol. The van der Waals surface area contributed by atoms with Crippen LogP contribution in [0.4, 0.5) is 11.6 Å². The fourth-order valence-corrected chi connectivity index (χ4v) is 3.36. The molecule has 0 saturated carbocycles. The van der Waals surface area contributed by atoms with Crippen molar-refractivity contribution in [2.75, 3.05) is 56.7 Å². The van der Waals surface area contributed by atoms with Gasteiger partial charge in [0, 0.05) is 64.5 Å². The number of aryl methyl sites for hydroxylation is 1. The molecule has 7 nitrogen and oxygen atoms in total. The molecule has 1 amide bonds. The van der Waals surface area contributed by atoms with Gasteiger partial charge in [0.05, 0.1) is 5.56 Å². The quantitative estimate of drug-likeness (QED) is 0.741. The standard InChI is InChI=1S/C21H29N5O2/c1-16-6-4-7-19(17(16)2)25-9-11-26(12-10-25)20(27)18-14-23-21(24-15-18)22-8-5-13-28-3/h4,6-7,14-15H,5,8-13H2,1-3H3,(H,22,23,24). The number of amides is 1. The number of piperazine rings is 1. The smallest absolute Gasteiger partial charge is 0.257 e. The zero-order valence-electron chi connectivity index (χ0n) is 16.9. The maximum atomic E-state index is 12.8. The van der Waals surface area contributed by atoms with Crippen LogP contribution < -0.4 is 10.2 Å². The second kappa shape index (κ2) is 9.50. The van der Waals surface area contributed by atoms with Gasteiger partial charge in [-0.05, 0) is 37.5 Å². The Balaban J connectivity index is 1.54. The minimum absolute atomic E-state index is 0.00783. The third kappa shape index (κ3) is 4.78. The molecule has 0 unspecified atom stereocenters. The number of hydrogen-bond acceptors (Lipinski definition) is 6. The van der Waals surface area contributed by atoms with E-state index in [9.17, 15) is 4.79 Å². The summed E-state index contributed by atoms with van der Waals surface area (Å²) in [5, 5.41) is 3.13. The van der Waals surface area contributed by atoms with E-state index in [4.69, 9.17) is 4.74 Å². The number of rotatable bonds is 7. The average Bonchev–Trinajstić information content (AvgIpc) is 2.73. The Labute approximate surface area is 166 Å². The lowest BCUT2D eigenvalue weighted by Crippen LogP contribution is -2.49. The highest BCUT2D eigenvalue weighted by Crippen LogP contribution is 2.24. The molecule has 0 spiro atoms. The summed E-state index contributed by atoms with van der Waals surface area (Å²) in [6, 6.07) is 6.39. The number of nitrogens with zero attached hydrogens (tertiary/aromatic N) is 4. The molecule has 150 valence electrons. The number of ether oxygens (including phenoxy) is 1. The molecule has 1 aliphatic heterocycles. The molecule has 0 radical (unpaired) electrons. The van der Waals surface area contributed by atoms with Crippen LogP contribution in [0.2, 0.25) is 0 Å². The third-order valence-corrected chi connectivity index (χ3v) is 5.19. The number of anilines is 2. The van der Waals surface area contributed by atoms with Gasteiger partial charge in [-0.2, -0.15) is 0 Å². The summed E-state index contributed by atoms with van der Waals surface area (Å²) in [5.41, 5.74) is 4.40. The van der Waals surface area contributed by atoms with Gasteiger partial charge >= 0.3 is 0 Å². The fraction of sp³-hybridized carbons (Fsp3) is 0.476. The minimum atomic E-state index is -0.00783. The molecule has 2 heterocycles. The lowest BCUT2D eigenvalue weighted by molar-refractivity contribution is 0.0746. The van der Waals surface area contributed by atoms with Crippen molar-refractivity contribution in [1.82, 2.24) is 14.9 Å². The van der Waals surface area contributed by atoms with Gasteiger partial charge in [0.1, 0.15) is 0 Å². The number of aromatic nitrogens is 2. The Hall–Kier alpha value is -2.67. The lowest BCUT2D eigenvalue weighted by Gasteiger charge is -2.37. The summed E-state index contributed by atoms with van der Waals surface area (Å²) in [4.78, 5) is 25.5. The number of carbonyl (C=O) groups is 1. The van der Waals surface area contributed by atoms with Crippen molar-refractivity contribution in [3.8, 4) is 0 Å². The fourth-order valence-electron chi connectivity index (χ4n) is 3.36. The highest BCUT2D eigenvalue weighted by molar-refractivity contribution is 5.93. The summed E-state index contributed by atoms with van der Waals surface area (Å²) < 4.78 is 5.01. The Kier molecular flexibility index (Phi) is 6.81. The van der Waals surface area contributed by atoms with E-state index in [0.29, 0.717) is 31.2 Å². The monoisotopic (exact) mass is 383 g/mol. The summed E-state index contributed by atoms with van der Waals surface area (Å²) in [6.07, 6.45) is 4.08. The normalized spacial score (nSPS) is 14.2. The molecule has 2 aromatic rings. The van der Waals surface area contributed by atoms with E-state index in [0.717, 1.165) is 26.1 Å². The van der Waals surface area contributed by atoms with E-state index in [1.54, 1.807) is 19.5 Å². The molecular weight excluding hydrogens is 354 g/mol. The van der Waals surface area contributed by atoms with Crippen LogP contribution in [0.3, 0.4) is 0 Å². The first-order valence-electron chi connectivity index (χ1n) is 9.75. The van der Waals surface area contributed by atoms with E-state index < -0.39 is 0 Å². The van der Waals surface area contributed by atoms with Crippen molar-refractivity contribution >= 4 is 17.5 Å². The number of benzene rings is 1. The Morgan fingerprint density at radius 1 is 1.14 bits per heavy atom. The van der Waals surface area contributed by atoms with Crippen LogP contribution in [-0.2, 0) is 4.74 Å². The Morgan fingerprint density at radius 2 is 1.86 bits per heavy atom. The highest BCUT2D eigenvalue weighted by Gasteiger charge is 2.23. The maximum Gasteiger partial charge on any atom is 0.257 e. The Morgan fingerprint density at radius 3 is 2.54 bits per heavy atom. The van der Waals surface area contributed by atoms with Gasteiger partial charge in [0.2, 0.25) is 5.95 Å². The second-order valence-electron chi connectivity index (χ2n) is 7.07. The highest BCUT2D eigenvalue weighted by atomic mass is 16.5. The summed E-state index contributed by atoms with van der Waals surface area (Å²) in [5.74, 6) is 0.527. The van der Waals surface area contributed by atoms with Crippen molar-refractivity contribution in [1.29, 1.82) is 0 Å². The predicted octanol–water partition coefficient (Wildman–Crippen LogP) is 2.50. The van der Waals surface area contributed by atoms with Crippen LogP contribution in [0.15, 0.2) is 30.6 Å². The molecule has 1 fully saturated rings. The first-order chi connectivity index (χ1) is 13.6. The summed E-state index contributed by atoms with van der Waals surface area (Å²) >= 11 is 0. The van der Waals surface area contributed by atoms with Gasteiger partial charge in [-0.1, -0.05) is 12.1 Å². The van der Waals surface area contributed by atoms with Crippen molar-refractivity contribution in [3.63, 3.8) is 0 Å². The molecular formula is C21H29N5O2. The van der Waals surface area contributed by atoms with E-state index in [1.165, 1.54) is 16.8 Å². The molecule has 3 rings (SSSR count). The largest absolute Gasteiger partial charge is 0.385 e. The van der Waals surface area contributed by atoms with Crippen molar-refractivity contribution in [2.24, 2.45) is 0 Å². The maximum absolute atomic E-state index is 12.8. The molecule has 28 heavy (non-hydrogen) atoms. The molecule has 1 aliphatic rings. The van der Waals surface area contributed by atoms with Gasteiger partial charge in [0.15, 0.2) is 0 Å². The van der Waals surface area contributed by atoms with E-state index in [-0.39, 0.29) is 5.91 Å². The number of carbonyl (C=O) groups excluding carboxylic acids is 1. The van der Waals surface area contributed by atoms with Crippen LogP contribution in [-0.4, -0.2) is 67.2 Å². The molecule has 0 bridgehead atoms. The minimum Gasteiger partial charge on any atom is -0.385 e. The van der Waals surface area contributed by atoms with Gasteiger partial charge in [-0.3, -0.25) is 4.79 Å². The molecule has 0 aliphatic carbocycles. The molecule has 1 aromatic carbocycles. The summed E-state index contributed by atoms with van der Waals surface area (Å²) in [6.45, 7) is 8.77. The van der Waals surface area contributed by atoms with Crippen molar-refractivity contribution < 1.29 is 9.53 Å². The third-order valence-electron chi connectivity index (χ3n) is 5.19. The second-order valence-corrected chi connectivity index (χ2v) is 7.07. The van der Waals surface area contributed by atoms with Gasteiger partial charge in [-0.15, -0.1) is 0 Å². The number of methoxy groups -OCH3 is 1. The van der Waals surface area contributed by atoms with Crippen molar-refractivity contribution in [2.45, 2.75) is 20.3 Å². The first-order valence-corrected chi connectivity index (χ1v) is 9.75. The zero-order valence-corrected chi connectivity index (χ0v) is 16.9. The SMILES string of the molecule is COCCCNc1ncc(C(=O)N2CCN(c3cccc(C)c3C)CC2)cn1. The number of nitrogens with one attached hydrogen (secondary N) is 1. The van der Waals surface area contributed by atoms with E-state index in [2.05, 4.69) is 52.2 Å². The zero-order chi connectivity index (χ0) is 19.9. The van der Waals surface area contributed by atoms with Gasteiger partial charge < -0.3 is 19.9 Å². The van der Waals surface area contributed by atoms with Crippen LogP contribution in [0.1, 0.15) is 27.9 Å². The molecule has 0 atom stereocenters. The molecule has 1 N–H and O–H groups in total. The van der Waals surface area contributed by atoms with Gasteiger partial charge in [0.25, 0.3) is 5.91 Å². The van der Waals surface area contributed by atoms with Crippen LogP contribution in [0, 0.1) is 13.8 Å². The van der Waals surface area contributed by atoms with Crippen molar-refractivity contribution in [3.05, 3.63) is 47.3 Å². The van der Waals surface area contributed by atoms with Crippen LogP contribution in [0.5, 0.6) is 0 Å². The molecule has 7 heteroatoms. The predicted molar refractivity (Wildman–Crippen MR) is 111 cm³/mol. The van der Waals surface area contributed by atoms with Crippen LogP contribution in [0.25, 0.3) is 0 Å². The Bertz CT molecular complexity index is 786. The lowest BCUT2D eigenvalue weighted by atomic mass is 10.1. The van der Waals surface area contributed by atoms with E-state index >= 15 is 0 Å². The molecule has 1 saturated heterocycles. The summed E-state index contributed by atoms with van der Waals surface area (Å²) in [7, 11) is 1.68. The van der Waals surface area contributed by atoms with Crippen LogP contribution >= 0.6 is 0 Å².